The Kier molecular flexibility index (Phi) is 4.11. The number of likely N-dealkylation sites (N-methyl/N-ethyl adjacent to an activating group) is 1. The van der Waals surface area contributed by atoms with Crippen molar-refractivity contribution in [2.45, 2.75) is 26.3 Å². The first-order valence-electron chi connectivity index (χ1n) is 6.34. The van der Waals surface area contributed by atoms with Gasteiger partial charge in [0.05, 0.1) is 0 Å². The summed E-state index contributed by atoms with van der Waals surface area (Å²) in [6, 6.07) is 11.1. The van der Waals surface area contributed by atoms with Gasteiger partial charge < -0.3 is 5.32 Å². The molecule has 0 saturated heterocycles. The molecule has 0 aliphatic heterocycles. The minimum Gasteiger partial charge on any atom is -0.313 e. The van der Waals surface area contributed by atoms with Gasteiger partial charge in [-0.2, -0.15) is 0 Å². The molecule has 0 bridgehead atoms. The number of rotatable bonds is 4. The lowest BCUT2D eigenvalue weighted by Crippen LogP contribution is -2.20. The van der Waals surface area contributed by atoms with Crippen molar-refractivity contribution in [2.24, 2.45) is 0 Å². The number of nitrogens with one attached hydrogen (secondary N) is 1. The number of benzene rings is 1. The number of aromatic nitrogens is 1. The third-order valence-corrected chi connectivity index (χ3v) is 3.33. The van der Waals surface area contributed by atoms with Crippen LogP contribution in [0.5, 0.6) is 0 Å². The number of hydrogen-bond donors (Lipinski definition) is 1. The molecule has 1 unspecified atom stereocenters. The topological polar surface area (TPSA) is 24.9 Å². The van der Waals surface area contributed by atoms with Crippen LogP contribution >= 0.6 is 0 Å². The Bertz CT molecular complexity index is 520. The molecule has 2 aromatic rings. The van der Waals surface area contributed by atoms with Crippen molar-refractivity contribution in [1.82, 2.24) is 10.3 Å². The van der Waals surface area contributed by atoms with Gasteiger partial charge in [0.15, 0.2) is 0 Å². The smallest absolute Gasteiger partial charge is 0.0376 e. The molecule has 2 rings (SSSR count). The summed E-state index contributed by atoms with van der Waals surface area (Å²) in [5.74, 6) is 0. The molecule has 0 aliphatic carbocycles. The van der Waals surface area contributed by atoms with Gasteiger partial charge >= 0.3 is 0 Å². The number of aryl methyl sites for hydroxylation is 2. The molecule has 2 nitrogen and oxygen atoms in total. The van der Waals surface area contributed by atoms with Gasteiger partial charge in [0.1, 0.15) is 0 Å². The Balaban J connectivity index is 2.23. The van der Waals surface area contributed by atoms with Crippen LogP contribution in [0.4, 0.5) is 0 Å². The van der Waals surface area contributed by atoms with Crippen LogP contribution in [-0.4, -0.2) is 12.0 Å². The molecule has 1 aromatic heterocycles. The lowest BCUT2D eigenvalue weighted by atomic mass is 9.96. The molecule has 1 aromatic carbocycles. The van der Waals surface area contributed by atoms with Crippen molar-refractivity contribution < 1.29 is 0 Å². The first kappa shape index (κ1) is 12.8. The highest BCUT2D eigenvalue weighted by atomic mass is 14.9. The van der Waals surface area contributed by atoms with Crippen molar-refractivity contribution in [3.63, 3.8) is 0 Å². The van der Waals surface area contributed by atoms with Gasteiger partial charge in [0.2, 0.25) is 0 Å². The second-order valence-electron chi connectivity index (χ2n) is 4.77. The summed E-state index contributed by atoms with van der Waals surface area (Å²) in [6.07, 6.45) is 4.80. The second kappa shape index (κ2) is 5.78. The highest BCUT2D eigenvalue weighted by Crippen LogP contribution is 2.20. The zero-order valence-electron chi connectivity index (χ0n) is 11.3. The maximum absolute atomic E-state index is 4.23. The summed E-state index contributed by atoms with van der Waals surface area (Å²) in [5.41, 5.74) is 5.24. The molecule has 18 heavy (non-hydrogen) atoms. The number of pyridine rings is 1. The predicted octanol–water partition coefficient (Wildman–Crippen LogP) is 3.20. The first-order chi connectivity index (χ1) is 8.70. The lowest BCUT2D eigenvalue weighted by Gasteiger charge is -2.18. The van der Waals surface area contributed by atoms with E-state index in [1.165, 1.54) is 22.3 Å². The molecule has 1 atom stereocenters. The van der Waals surface area contributed by atoms with E-state index in [4.69, 9.17) is 0 Å². The van der Waals surface area contributed by atoms with Crippen molar-refractivity contribution in [1.29, 1.82) is 0 Å². The molecule has 0 fully saturated rings. The first-order valence-corrected chi connectivity index (χ1v) is 6.34. The van der Waals surface area contributed by atoms with Gasteiger partial charge in [-0.1, -0.05) is 29.8 Å². The highest BCUT2D eigenvalue weighted by Gasteiger charge is 2.12. The Labute approximate surface area is 109 Å². The molecule has 94 valence electrons. The molecular formula is C16H20N2. The average molecular weight is 240 g/mol. The van der Waals surface area contributed by atoms with E-state index in [1.54, 1.807) is 0 Å². The summed E-state index contributed by atoms with van der Waals surface area (Å²) in [4.78, 5) is 4.23. The molecule has 0 aliphatic rings. The maximum Gasteiger partial charge on any atom is 0.0376 e. The van der Waals surface area contributed by atoms with E-state index in [1.807, 2.05) is 19.4 Å². The third-order valence-electron chi connectivity index (χ3n) is 3.33. The van der Waals surface area contributed by atoms with E-state index in [0.29, 0.717) is 6.04 Å². The standard InChI is InChI=1S/C16H20N2/c1-12-5-4-6-14(9-12)10-16(17-3)15-11-18-8-7-13(15)2/h4-9,11,16-17H,10H2,1-3H3. The Morgan fingerprint density at radius 1 is 1.22 bits per heavy atom. The van der Waals surface area contributed by atoms with Gasteiger partial charge in [0, 0.05) is 18.4 Å². The number of hydrogen-bond acceptors (Lipinski definition) is 2. The van der Waals surface area contributed by atoms with Crippen LogP contribution in [0.1, 0.15) is 28.3 Å². The van der Waals surface area contributed by atoms with Gasteiger partial charge in [-0.25, -0.2) is 0 Å². The van der Waals surface area contributed by atoms with Crippen LogP contribution in [0.25, 0.3) is 0 Å². The fourth-order valence-corrected chi connectivity index (χ4v) is 2.28. The quantitative estimate of drug-likeness (QED) is 0.887. The van der Waals surface area contributed by atoms with E-state index in [9.17, 15) is 0 Å². The zero-order valence-corrected chi connectivity index (χ0v) is 11.3. The van der Waals surface area contributed by atoms with Crippen molar-refractivity contribution in [2.75, 3.05) is 7.05 Å². The van der Waals surface area contributed by atoms with Gasteiger partial charge in [-0.05, 0) is 50.1 Å². The maximum atomic E-state index is 4.23. The van der Waals surface area contributed by atoms with Crippen LogP contribution < -0.4 is 5.32 Å². The normalized spacial score (nSPS) is 12.4. The summed E-state index contributed by atoms with van der Waals surface area (Å²) < 4.78 is 0. The molecule has 0 spiro atoms. The Morgan fingerprint density at radius 2 is 2.06 bits per heavy atom. The zero-order chi connectivity index (χ0) is 13.0. The second-order valence-corrected chi connectivity index (χ2v) is 4.77. The lowest BCUT2D eigenvalue weighted by molar-refractivity contribution is 0.586. The predicted molar refractivity (Wildman–Crippen MR) is 75.7 cm³/mol. The monoisotopic (exact) mass is 240 g/mol. The van der Waals surface area contributed by atoms with E-state index in [0.717, 1.165) is 6.42 Å². The average Bonchev–Trinajstić information content (AvgIpc) is 2.37. The van der Waals surface area contributed by atoms with E-state index in [-0.39, 0.29) is 0 Å². The fourth-order valence-electron chi connectivity index (χ4n) is 2.28. The van der Waals surface area contributed by atoms with Crippen molar-refractivity contribution >= 4 is 0 Å². The molecule has 2 heteroatoms. The third kappa shape index (κ3) is 2.96. The summed E-state index contributed by atoms with van der Waals surface area (Å²) >= 11 is 0. The SMILES string of the molecule is CNC(Cc1cccc(C)c1)c1cnccc1C. The van der Waals surface area contributed by atoms with Gasteiger partial charge in [0.25, 0.3) is 0 Å². The minimum absolute atomic E-state index is 0.320. The van der Waals surface area contributed by atoms with Crippen LogP contribution in [0.15, 0.2) is 42.7 Å². The fraction of sp³-hybridized carbons (Fsp3) is 0.312. The molecule has 0 radical (unpaired) electrons. The number of nitrogens with zero attached hydrogens (tertiary/aromatic N) is 1. The van der Waals surface area contributed by atoms with E-state index in [2.05, 4.69) is 54.5 Å². The van der Waals surface area contributed by atoms with Gasteiger partial charge in [-0.3, -0.25) is 4.98 Å². The van der Waals surface area contributed by atoms with Crippen molar-refractivity contribution in [3.8, 4) is 0 Å². The summed E-state index contributed by atoms with van der Waals surface area (Å²) in [6.45, 7) is 4.27. The van der Waals surface area contributed by atoms with Gasteiger partial charge in [-0.15, -0.1) is 0 Å². The molecule has 1 heterocycles. The van der Waals surface area contributed by atoms with Crippen LogP contribution in [0, 0.1) is 13.8 Å². The summed E-state index contributed by atoms with van der Waals surface area (Å²) in [7, 11) is 2.01. The van der Waals surface area contributed by atoms with Crippen LogP contribution in [-0.2, 0) is 6.42 Å². The highest BCUT2D eigenvalue weighted by molar-refractivity contribution is 5.29. The van der Waals surface area contributed by atoms with Crippen LogP contribution in [0.3, 0.4) is 0 Å². The Morgan fingerprint density at radius 3 is 2.72 bits per heavy atom. The van der Waals surface area contributed by atoms with Crippen LogP contribution in [0.2, 0.25) is 0 Å². The molecule has 0 saturated carbocycles. The van der Waals surface area contributed by atoms with E-state index >= 15 is 0 Å². The minimum atomic E-state index is 0.320. The molecule has 1 N–H and O–H groups in total. The summed E-state index contributed by atoms with van der Waals surface area (Å²) in [5, 5.41) is 3.39. The molecular weight excluding hydrogens is 220 g/mol. The van der Waals surface area contributed by atoms with E-state index < -0.39 is 0 Å². The molecule has 0 amide bonds. The van der Waals surface area contributed by atoms with Crippen molar-refractivity contribution in [3.05, 3.63) is 65.0 Å². The largest absolute Gasteiger partial charge is 0.313 e. The Hall–Kier alpha value is -1.67.